The first-order chi connectivity index (χ1) is 4.16. The molecule has 1 atom stereocenters. The SMILES string of the molecule is CCCC(C)CC(C)C.[AlH3]. The van der Waals surface area contributed by atoms with Gasteiger partial charge in [-0.1, -0.05) is 40.5 Å². The van der Waals surface area contributed by atoms with Crippen LogP contribution >= 0.6 is 0 Å². The normalized spacial score (nSPS) is 12.9. The van der Waals surface area contributed by atoms with Crippen LogP contribution in [0.1, 0.15) is 47.0 Å². The van der Waals surface area contributed by atoms with E-state index in [1.807, 2.05) is 0 Å². The molecular formula is C9H23Al. The maximum atomic E-state index is 2.35. The van der Waals surface area contributed by atoms with Gasteiger partial charge in [-0.15, -0.1) is 0 Å². The molecule has 0 aromatic heterocycles. The Hall–Kier alpha value is 0.532. The van der Waals surface area contributed by atoms with Gasteiger partial charge in [0.25, 0.3) is 0 Å². The minimum atomic E-state index is 0. The van der Waals surface area contributed by atoms with Crippen LogP contribution in [-0.4, -0.2) is 17.4 Å². The lowest BCUT2D eigenvalue weighted by molar-refractivity contribution is 0.412. The highest BCUT2D eigenvalue weighted by Crippen LogP contribution is 2.15. The molecule has 0 bridgehead atoms. The van der Waals surface area contributed by atoms with Crippen molar-refractivity contribution in [2.24, 2.45) is 11.8 Å². The van der Waals surface area contributed by atoms with Gasteiger partial charge in [-0.2, -0.15) is 0 Å². The highest BCUT2D eigenvalue weighted by Gasteiger charge is 2.02. The van der Waals surface area contributed by atoms with Gasteiger partial charge < -0.3 is 0 Å². The van der Waals surface area contributed by atoms with Gasteiger partial charge in [-0.3, -0.25) is 0 Å². The van der Waals surface area contributed by atoms with Crippen LogP contribution in [0.15, 0.2) is 0 Å². The van der Waals surface area contributed by atoms with Gasteiger partial charge in [-0.05, 0) is 18.3 Å². The molecule has 0 aromatic carbocycles. The van der Waals surface area contributed by atoms with Crippen molar-refractivity contribution in [2.75, 3.05) is 0 Å². The quantitative estimate of drug-likeness (QED) is 0.551. The summed E-state index contributed by atoms with van der Waals surface area (Å²) in [5.74, 6) is 1.82. The first kappa shape index (κ1) is 13.1. The van der Waals surface area contributed by atoms with Crippen molar-refractivity contribution in [1.82, 2.24) is 0 Å². The van der Waals surface area contributed by atoms with E-state index in [0.29, 0.717) is 0 Å². The van der Waals surface area contributed by atoms with E-state index < -0.39 is 0 Å². The largest absolute Gasteiger partial charge is 0.187 e. The maximum Gasteiger partial charge on any atom is 0.187 e. The molecule has 1 heteroatoms. The zero-order chi connectivity index (χ0) is 7.28. The van der Waals surface area contributed by atoms with E-state index in [9.17, 15) is 0 Å². The first-order valence-electron chi connectivity index (χ1n) is 4.16. The second kappa shape index (κ2) is 7.64. The van der Waals surface area contributed by atoms with Crippen molar-refractivity contribution in [3.05, 3.63) is 0 Å². The van der Waals surface area contributed by atoms with Crippen molar-refractivity contribution in [3.8, 4) is 0 Å². The summed E-state index contributed by atoms with van der Waals surface area (Å²) in [6.45, 7) is 9.21. The summed E-state index contributed by atoms with van der Waals surface area (Å²) in [4.78, 5) is 0. The Morgan fingerprint density at radius 2 is 1.60 bits per heavy atom. The highest BCUT2D eigenvalue weighted by atomic mass is 27.0. The fourth-order valence-electron chi connectivity index (χ4n) is 1.42. The first-order valence-corrected chi connectivity index (χ1v) is 4.16. The molecule has 0 heterocycles. The molecular weight excluding hydrogens is 135 g/mol. The molecule has 0 aliphatic rings. The second-order valence-corrected chi connectivity index (χ2v) is 3.52. The van der Waals surface area contributed by atoms with Crippen LogP contribution in [-0.2, 0) is 0 Å². The molecule has 0 nitrogen and oxygen atoms in total. The Morgan fingerprint density at radius 3 is 1.90 bits per heavy atom. The van der Waals surface area contributed by atoms with Crippen LogP contribution in [0.3, 0.4) is 0 Å². The van der Waals surface area contributed by atoms with E-state index in [-0.39, 0.29) is 17.4 Å². The summed E-state index contributed by atoms with van der Waals surface area (Å²) < 4.78 is 0. The van der Waals surface area contributed by atoms with Gasteiger partial charge in [-0.25, -0.2) is 0 Å². The van der Waals surface area contributed by atoms with Crippen LogP contribution in [0.25, 0.3) is 0 Å². The van der Waals surface area contributed by atoms with Gasteiger partial charge in [0.05, 0.1) is 0 Å². The lowest BCUT2D eigenvalue weighted by Crippen LogP contribution is -1.98. The van der Waals surface area contributed by atoms with Crippen molar-refractivity contribution in [3.63, 3.8) is 0 Å². The number of rotatable bonds is 4. The Morgan fingerprint density at radius 1 is 1.10 bits per heavy atom. The Kier molecular flexibility index (Phi) is 10.0. The van der Waals surface area contributed by atoms with Crippen molar-refractivity contribution >= 4 is 17.4 Å². The van der Waals surface area contributed by atoms with Gasteiger partial charge in [0, 0.05) is 0 Å². The van der Waals surface area contributed by atoms with Gasteiger partial charge >= 0.3 is 0 Å². The van der Waals surface area contributed by atoms with Crippen molar-refractivity contribution in [1.29, 1.82) is 0 Å². The predicted octanol–water partition coefficient (Wildman–Crippen LogP) is 2.28. The molecule has 0 saturated heterocycles. The van der Waals surface area contributed by atoms with Crippen LogP contribution in [0.5, 0.6) is 0 Å². The molecule has 10 heavy (non-hydrogen) atoms. The molecule has 0 radical (unpaired) electrons. The van der Waals surface area contributed by atoms with Crippen molar-refractivity contribution in [2.45, 2.75) is 47.0 Å². The van der Waals surface area contributed by atoms with E-state index in [2.05, 4.69) is 27.7 Å². The second-order valence-electron chi connectivity index (χ2n) is 3.52. The molecule has 0 aliphatic carbocycles. The minimum absolute atomic E-state index is 0. The third-order valence-corrected chi connectivity index (χ3v) is 1.66. The Labute approximate surface area is 76.5 Å². The molecule has 0 aliphatic heterocycles. The molecule has 0 amide bonds. The summed E-state index contributed by atoms with van der Waals surface area (Å²) in [6.07, 6.45) is 4.14. The van der Waals surface area contributed by atoms with Crippen LogP contribution in [0.2, 0.25) is 0 Å². The average Bonchev–Trinajstić information content (AvgIpc) is 1.63. The Bertz CT molecular complexity index is 59.7. The standard InChI is InChI=1S/C9H20.Al.3H/c1-5-6-9(4)7-8(2)3;;;;/h8-9H,5-7H2,1-4H3;;;;. The zero-order valence-corrected chi connectivity index (χ0v) is 7.28. The number of hydrogen-bond acceptors (Lipinski definition) is 0. The lowest BCUT2D eigenvalue weighted by atomic mass is 9.95. The predicted molar refractivity (Wildman–Crippen MR) is 53.5 cm³/mol. The zero-order valence-electron chi connectivity index (χ0n) is 7.28. The summed E-state index contributed by atoms with van der Waals surface area (Å²) in [5.41, 5.74) is 0. The van der Waals surface area contributed by atoms with Crippen LogP contribution < -0.4 is 0 Å². The summed E-state index contributed by atoms with van der Waals surface area (Å²) in [5, 5.41) is 0. The van der Waals surface area contributed by atoms with Crippen LogP contribution in [0.4, 0.5) is 0 Å². The van der Waals surface area contributed by atoms with Gasteiger partial charge in [0.1, 0.15) is 0 Å². The molecule has 0 fully saturated rings. The van der Waals surface area contributed by atoms with E-state index in [1.165, 1.54) is 19.3 Å². The third-order valence-electron chi connectivity index (χ3n) is 1.66. The minimum Gasteiger partial charge on any atom is -0.0654 e. The summed E-state index contributed by atoms with van der Waals surface area (Å²) in [6, 6.07) is 0. The number of hydrogen-bond donors (Lipinski definition) is 0. The maximum absolute atomic E-state index is 2.35. The third kappa shape index (κ3) is 8.53. The molecule has 62 valence electrons. The average molecular weight is 158 g/mol. The van der Waals surface area contributed by atoms with E-state index in [0.717, 1.165) is 11.8 Å². The molecule has 0 spiro atoms. The Balaban J connectivity index is 0. The molecule has 0 N–H and O–H groups in total. The molecule has 0 rings (SSSR count). The van der Waals surface area contributed by atoms with Crippen molar-refractivity contribution < 1.29 is 0 Å². The van der Waals surface area contributed by atoms with Gasteiger partial charge in [0.15, 0.2) is 17.4 Å². The summed E-state index contributed by atoms with van der Waals surface area (Å²) in [7, 11) is 0. The molecule has 0 saturated carbocycles. The van der Waals surface area contributed by atoms with E-state index in [1.54, 1.807) is 0 Å². The molecule has 1 unspecified atom stereocenters. The molecule has 0 aromatic rings. The van der Waals surface area contributed by atoms with Gasteiger partial charge in [0.2, 0.25) is 0 Å². The van der Waals surface area contributed by atoms with E-state index in [4.69, 9.17) is 0 Å². The monoisotopic (exact) mass is 158 g/mol. The highest BCUT2D eigenvalue weighted by molar-refractivity contribution is 5.75. The van der Waals surface area contributed by atoms with E-state index >= 15 is 0 Å². The fourth-order valence-corrected chi connectivity index (χ4v) is 1.42. The smallest absolute Gasteiger partial charge is 0.0654 e. The fraction of sp³-hybridized carbons (Fsp3) is 1.00. The summed E-state index contributed by atoms with van der Waals surface area (Å²) >= 11 is 0. The van der Waals surface area contributed by atoms with Crippen LogP contribution in [0, 0.1) is 11.8 Å². The topological polar surface area (TPSA) is 0 Å². The lowest BCUT2D eigenvalue weighted by Gasteiger charge is -2.11.